The zero-order valence-corrected chi connectivity index (χ0v) is 34.0. The number of rotatable bonds is 7. The molecule has 1 atom stereocenters. The Balaban J connectivity index is 0.679. The fourth-order valence-corrected chi connectivity index (χ4v) is 10.4. The van der Waals surface area contributed by atoms with Crippen molar-refractivity contribution in [2.45, 2.75) is 77.0 Å². The van der Waals surface area contributed by atoms with Crippen molar-refractivity contribution in [3.8, 4) is 17.0 Å². The molecular formula is C45H48F2N8O6. The lowest BCUT2D eigenvalue weighted by atomic mass is 9.61. The van der Waals surface area contributed by atoms with Crippen LogP contribution in [0.3, 0.4) is 0 Å². The molecule has 14 nitrogen and oxygen atoms in total. The number of nitrogens with one attached hydrogen (secondary N) is 3. The summed E-state index contributed by atoms with van der Waals surface area (Å²) in [6.45, 7) is 7.52. The van der Waals surface area contributed by atoms with Crippen molar-refractivity contribution in [2.75, 3.05) is 61.4 Å². The van der Waals surface area contributed by atoms with Crippen LogP contribution in [0.4, 0.5) is 30.8 Å². The van der Waals surface area contributed by atoms with E-state index in [0.29, 0.717) is 58.5 Å². The second-order valence-corrected chi connectivity index (χ2v) is 17.6. The number of pyridine rings is 2. The number of aromatic nitrogens is 2. The van der Waals surface area contributed by atoms with Gasteiger partial charge in [0.05, 0.1) is 12.2 Å². The van der Waals surface area contributed by atoms with Crippen molar-refractivity contribution in [2.24, 2.45) is 11.3 Å². The van der Waals surface area contributed by atoms with Gasteiger partial charge in [0.15, 0.2) is 5.82 Å². The molecule has 4 amide bonds. The van der Waals surface area contributed by atoms with Gasteiger partial charge in [0.25, 0.3) is 5.91 Å². The van der Waals surface area contributed by atoms with E-state index >= 15 is 8.78 Å². The van der Waals surface area contributed by atoms with Gasteiger partial charge in [0.1, 0.15) is 36.1 Å². The average molecular weight is 835 g/mol. The topological polar surface area (TPSA) is 158 Å². The van der Waals surface area contributed by atoms with Crippen molar-refractivity contribution in [3.05, 3.63) is 71.1 Å². The van der Waals surface area contributed by atoms with Crippen LogP contribution in [-0.2, 0) is 20.9 Å². The van der Waals surface area contributed by atoms with Crippen LogP contribution in [0, 0.1) is 29.9 Å². The van der Waals surface area contributed by atoms with E-state index in [1.165, 1.54) is 11.0 Å². The quantitative estimate of drug-likeness (QED) is 0.183. The highest BCUT2D eigenvalue weighted by Gasteiger charge is 2.48. The summed E-state index contributed by atoms with van der Waals surface area (Å²) >= 11 is 0. The number of hydrogen-bond acceptors (Lipinski definition) is 11. The standard InChI is InChI=1S/C45H48F2N8O6/c1-25-32(22-50-42-40(25)48-10-15-60-42)31-16-27-18-37(49-21-28(27)17-34(31)46)51-44(59)61-29-19-45(20-29)8-13-53(14-9-45)23-26-6-11-54(12-7-26)35-3-2-30-33(39(35)47)24-55(43(30)58)36-4-5-38(56)52-41(36)57/h2-3,16-18,21-22,26,29,36,48H,4-15,19-20,23-24H2,1H3,(H,49,51,59)(H,52,56,57). The van der Waals surface area contributed by atoms with E-state index in [2.05, 4.69) is 35.7 Å². The molecule has 318 valence electrons. The summed E-state index contributed by atoms with van der Waals surface area (Å²) in [7, 11) is 0. The van der Waals surface area contributed by atoms with Gasteiger partial charge in [-0.15, -0.1) is 0 Å². The molecule has 6 aliphatic rings. The smallest absolute Gasteiger partial charge is 0.413 e. The minimum absolute atomic E-state index is 0.0197. The monoisotopic (exact) mass is 834 g/mol. The van der Waals surface area contributed by atoms with Crippen LogP contribution < -0.4 is 25.6 Å². The number of benzene rings is 2. The number of piperidine rings is 3. The molecule has 2 aromatic carbocycles. The van der Waals surface area contributed by atoms with Crippen molar-refractivity contribution in [3.63, 3.8) is 0 Å². The third-order valence-corrected chi connectivity index (χ3v) is 13.9. The second kappa shape index (κ2) is 15.5. The maximum Gasteiger partial charge on any atom is 0.413 e. The number of ether oxygens (including phenoxy) is 2. The lowest BCUT2D eigenvalue weighted by Gasteiger charge is -2.51. The first kappa shape index (κ1) is 39.2. The maximum absolute atomic E-state index is 15.9. The van der Waals surface area contributed by atoms with Crippen LogP contribution in [0.5, 0.6) is 5.88 Å². The first-order valence-corrected chi connectivity index (χ1v) is 21.4. The van der Waals surface area contributed by atoms with Crippen molar-refractivity contribution < 1.29 is 37.4 Å². The van der Waals surface area contributed by atoms with Crippen molar-refractivity contribution >= 4 is 51.8 Å². The first-order valence-electron chi connectivity index (χ1n) is 21.4. The Morgan fingerprint density at radius 1 is 0.967 bits per heavy atom. The lowest BCUT2D eigenvalue weighted by molar-refractivity contribution is -0.136. The molecule has 7 heterocycles. The van der Waals surface area contributed by atoms with Gasteiger partial charge in [-0.1, -0.05) is 0 Å². The summed E-state index contributed by atoms with van der Waals surface area (Å²) in [5.74, 6) is -0.695. The Kier molecular flexibility index (Phi) is 9.99. The Morgan fingerprint density at radius 3 is 2.56 bits per heavy atom. The van der Waals surface area contributed by atoms with Gasteiger partial charge in [-0.05, 0) is 118 Å². The number of carbonyl (C=O) groups excluding carboxylic acids is 4. The number of carbonyl (C=O) groups is 4. The molecular weight excluding hydrogens is 787 g/mol. The van der Waals surface area contributed by atoms with E-state index in [9.17, 15) is 19.2 Å². The van der Waals surface area contributed by atoms with Crippen molar-refractivity contribution in [1.29, 1.82) is 0 Å². The molecule has 0 bridgehead atoms. The predicted octanol–water partition coefficient (Wildman–Crippen LogP) is 6.16. The minimum atomic E-state index is -0.776. The van der Waals surface area contributed by atoms with Crippen LogP contribution in [-0.4, -0.2) is 102 Å². The second-order valence-electron chi connectivity index (χ2n) is 17.6. The first-order chi connectivity index (χ1) is 29.5. The molecule has 4 aromatic rings. The number of anilines is 3. The molecule has 4 fully saturated rings. The van der Waals surface area contributed by atoms with Crippen LogP contribution in [0.1, 0.15) is 72.9 Å². The maximum atomic E-state index is 15.9. The fourth-order valence-electron chi connectivity index (χ4n) is 10.4. The number of fused-ring (bicyclic) bond motifs is 3. The third kappa shape index (κ3) is 7.38. The molecule has 1 aliphatic carbocycles. The summed E-state index contributed by atoms with van der Waals surface area (Å²) in [5, 5.41) is 9.69. The highest BCUT2D eigenvalue weighted by molar-refractivity contribution is 6.05. The highest BCUT2D eigenvalue weighted by atomic mass is 19.1. The molecule has 1 spiro atoms. The molecule has 1 unspecified atom stereocenters. The average Bonchev–Trinajstić information content (AvgIpc) is 3.58. The molecule has 1 saturated carbocycles. The van der Waals surface area contributed by atoms with Gasteiger partial charge in [0, 0.05) is 72.6 Å². The van der Waals surface area contributed by atoms with E-state index in [0.717, 1.165) is 87.9 Å². The highest BCUT2D eigenvalue weighted by Crippen LogP contribution is 2.50. The number of likely N-dealkylation sites (tertiary alicyclic amines) is 1. The molecule has 61 heavy (non-hydrogen) atoms. The van der Waals surface area contributed by atoms with Gasteiger partial charge in [-0.25, -0.2) is 23.5 Å². The zero-order chi connectivity index (χ0) is 42.0. The summed E-state index contributed by atoms with van der Waals surface area (Å²) in [6, 6.07) is 7.49. The number of nitrogens with zero attached hydrogens (tertiary/aromatic N) is 5. The molecule has 3 saturated heterocycles. The molecule has 16 heteroatoms. The molecule has 2 aromatic heterocycles. The molecule has 0 radical (unpaired) electrons. The van der Waals surface area contributed by atoms with Crippen LogP contribution in [0.25, 0.3) is 21.9 Å². The van der Waals surface area contributed by atoms with E-state index in [-0.39, 0.29) is 48.3 Å². The van der Waals surface area contributed by atoms with Crippen LogP contribution >= 0.6 is 0 Å². The Hall–Kier alpha value is -5.90. The van der Waals surface area contributed by atoms with E-state index in [1.54, 1.807) is 36.7 Å². The van der Waals surface area contributed by atoms with E-state index in [1.807, 2.05) is 6.92 Å². The van der Waals surface area contributed by atoms with E-state index < -0.39 is 29.7 Å². The Bertz CT molecular complexity index is 2460. The lowest BCUT2D eigenvalue weighted by Crippen LogP contribution is -2.52. The molecule has 3 N–H and O–H groups in total. The van der Waals surface area contributed by atoms with Gasteiger partial charge >= 0.3 is 6.09 Å². The normalized spacial score (nSPS) is 21.7. The van der Waals surface area contributed by atoms with Crippen molar-refractivity contribution in [1.82, 2.24) is 25.1 Å². The molecule has 5 aliphatic heterocycles. The largest absolute Gasteiger partial charge is 0.474 e. The summed E-state index contributed by atoms with van der Waals surface area (Å²) in [5.41, 5.74) is 3.94. The van der Waals surface area contributed by atoms with Crippen LogP contribution in [0.15, 0.2) is 42.7 Å². The minimum Gasteiger partial charge on any atom is -0.474 e. The van der Waals surface area contributed by atoms with Crippen LogP contribution in [0.2, 0.25) is 0 Å². The Labute approximate surface area is 351 Å². The van der Waals surface area contributed by atoms with Gasteiger partial charge < -0.3 is 29.5 Å². The summed E-state index contributed by atoms with van der Waals surface area (Å²) in [6.07, 6.45) is 8.48. The summed E-state index contributed by atoms with van der Waals surface area (Å²) < 4.78 is 42.7. The van der Waals surface area contributed by atoms with E-state index in [4.69, 9.17) is 9.47 Å². The SMILES string of the molecule is Cc1c(-c2cc3cc(NC(=O)OC4CC5(CCN(CC6CCN(c7ccc8c(c7F)CN(C7CCC(=O)NC7=O)C8=O)CC6)CC5)C4)ncc3cc2F)cnc2c1NCCO2. The third-order valence-electron chi connectivity index (χ3n) is 13.9. The molecule has 10 rings (SSSR count). The van der Waals surface area contributed by atoms with Gasteiger partial charge in [0.2, 0.25) is 17.7 Å². The number of hydrogen-bond donors (Lipinski definition) is 3. The number of halogens is 2. The predicted molar refractivity (Wildman–Crippen MR) is 222 cm³/mol. The zero-order valence-electron chi connectivity index (χ0n) is 34.0. The number of imide groups is 1. The number of amides is 4. The Morgan fingerprint density at radius 2 is 1.77 bits per heavy atom. The van der Waals surface area contributed by atoms with Gasteiger partial charge in [-0.3, -0.25) is 25.0 Å². The fraction of sp³-hybridized carbons (Fsp3) is 0.467. The summed E-state index contributed by atoms with van der Waals surface area (Å²) in [4.78, 5) is 64.9. The van der Waals surface area contributed by atoms with Gasteiger partial charge in [-0.2, -0.15) is 0 Å².